The average molecular weight is 500 g/mol. The number of rotatable bonds is 9. The molecule has 2 heterocycles. The zero-order valence-corrected chi connectivity index (χ0v) is 20.2. The molecule has 0 unspecified atom stereocenters. The van der Waals surface area contributed by atoms with Gasteiger partial charge in [-0.25, -0.2) is 18.4 Å². The summed E-state index contributed by atoms with van der Waals surface area (Å²) in [6, 6.07) is 5.39. The van der Waals surface area contributed by atoms with Crippen molar-refractivity contribution in [2.75, 3.05) is 44.4 Å². The second-order valence-corrected chi connectivity index (χ2v) is 9.82. The topological polar surface area (TPSA) is 97.6 Å². The van der Waals surface area contributed by atoms with Crippen LogP contribution in [0.1, 0.15) is 6.92 Å². The van der Waals surface area contributed by atoms with Crippen molar-refractivity contribution in [2.24, 2.45) is 0 Å². The molecule has 0 N–H and O–H groups in total. The van der Waals surface area contributed by atoms with Crippen LogP contribution in [0.25, 0.3) is 16.6 Å². The van der Waals surface area contributed by atoms with Crippen molar-refractivity contribution in [2.45, 2.75) is 6.92 Å². The summed E-state index contributed by atoms with van der Waals surface area (Å²) in [6.45, 7) is 1.83. The Hall–Kier alpha value is -2.40. The van der Waals surface area contributed by atoms with Crippen molar-refractivity contribution in [3.8, 4) is 5.69 Å². The predicted octanol–water partition coefficient (Wildman–Crippen LogP) is 2.99. The van der Waals surface area contributed by atoms with Crippen molar-refractivity contribution in [3.05, 3.63) is 47.0 Å². The molecule has 3 aromatic rings. The molecular weight excluding hydrogens is 477 g/mol. The average Bonchev–Trinajstić information content (AvgIpc) is 3.27. The fourth-order valence-electron chi connectivity index (χ4n) is 3.10. The van der Waals surface area contributed by atoms with Crippen molar-refractivity contribution >= 4 is 55.9 Å². The number of sulfonamides is 1. The minimum Gasteiger partial charge on any atom is -0.465 e. The molecule has 0 aliphatic carbocycles. The third-order valence-electron chi connectivity index (χ3n) is 4.78. The third-order valence-corrected chi connectivity index (χ3v) is 6.82. The molecule has 172 valence electrons. The summed E-state index contributed by atoms with van der Waals surface area (Å²) in [6.07, 6.45) is 6.17. The molecular formula is C20H23Cl2N5O4S. The fourth-order valence-corrected chi connectivity index (χ4v) is 4.22. The quantitative estimate of drug-likeness (QED) is 0.417. The second kappa shape index (κ2) is 10.0. The number of ether oxygens (including phenoxy) is 1. The van der Waals surface area contributed by atoms with Gasteiger partial charge in [0.15, 0.2) is 0 Å². The van der Waals surface area contributed by atoms with Crippen molar-refractivity contribution < 1.29 is 17.9 Å². The van der Waals surface area contributed by atoms with Gasteiger partial charge >= 0.3 is 5.97 Å². The van der Waals surface area contributed by atoms with Gasteiger partial charge in [0, 0.05) is 44.0 Å². The zero-order chi connectivity index (χ0) is 23.5. The lowest BCUT2D eigenvalue weighted by molar-refractivity contribution is -0.143. The molecule has 0 radical (unpaired) electrons. The van der Waals surface area contributed by atoms with E-state index in [0.717, 1.165) is 21.6 Å². The Morgan fingerprint density at radius 2 is 2.00 bits per heavy atom. The molecule has 0 saturated heterocycles. The van der Waals surface area contributed by atoms with Crippen LogP contribution in [-0.4, -0.2) is 72.8 Å². The van der Waals surface area contributed by atoms with Crippen LogP contribution in [0.4, 0.5) is 5.82 Å². The first-order valence-corrected chi connectivity index (χ1v) is 12.3. The number of likely N-dealkylation sites (N-methyl/N-ethyl adjacent to an activating group) is 1. The van der Waals surface area contributed by atoms with Crippen LogP contribution in [-0.2, 0) is 19.6 Å². The van der Waals surface area contributed by atoms with E-state index in [0.29, 0.717) is 21.4 Å². The summed E-state index contributed by atoms with van der Waals surface area (Å²) >= 11 is 12.6. The molecule has 12 heteroatoms. The Labute approximate surface area is 196 Å². The van der Waals surface area contributed by atoms with Crippen LogP contribution >= 0.6 is 23.2 Å². The van der Waals surface area contributed by atoms with E-state index in [4.69, 9.17) is 27.9 Å². The van der Waals surface area contributed by atoms with Crippen molar-refractivity contribution in [1.29, 1.82) is 0 Å². The van der Waals surface area contributed by atoms with Gasteiger partial charge in [-0.15, -0.1) is 0 Å². The molecule has 32 heavy (non-hydrogen) atoms. The maximum atomic E-state index is 12.1. The number of benzene rings is 1. The van der Waals surface area contributed by atoms with Crippen LogP contribution in [0.2, 0.25) is 10.0 Å². The molecule has 0 fully saturated rings. The summed E-state index contributed by atoms with van der Waals surface area (Å²) in [5, 5.41) is 1.48. The van der Waals surface area contributed by atoms with Gasteiger partial charge < -0.3 is 14.2 Å². The van der Waals surface area contributed by atoms with Crippen molar-refractivity contribution in [3.63, 3.8) is 0 Å². The molecule has 9 nitrogen and oxygen atoms in total. The minimum absolute atomic E-state index is 0.0670. The van der Waals surface area contributed by atoms with Gasteiger partial charge in [-0.05, 0) is 19.1 Å². The number of halogens is 2. The number of fused-ring (bicyclic) bond motifs is 1. The molecule has 1 aromatic carbocycles. The van der Waals surface area contributed by atoms with E-state index in [1.54, 1.807) is 43.7 Å². The normalized spacial score (nSPS) is 11.8. The van der Waals surface area contributed by atoms with Gasteiger partial charge in [0.2, 0.25) is 10.0 Å². The Balaban J connectivity index is 1.93. The van der Waals surface area contributed by atoms with Crippen LogP contribution < -0.4 is 4.90 Å². The van der Waals surface area contributed by atoms with Crippen LogP contribution in [0.3, 0.4) is 0 Å². The maximum absolute atomic E-state index is 12.1. The summed E-state index contributed by atoms with van der Waals surface area (Å²) < 4.78 is 32.0. The van der Waals surface area contributed by atoms with Crippen molar-refractivity contribution in [1.82, 2.24) is 18.8 Å². The fraction of sp³-hybridized carbons (Fsp3) is 0.350. The van der Waals surface area contributed by atoms with Gasteiger partial charge in [0.1, 0.15) is 12.4 Å². The minimum atomic E-state index is -3.61. The van der Waals surface area contributed by atoms with E-state index in [9.17, 15) is 13.2 Å². The van der Waals surface area contributed by atoms with E-state index in [1.165, 1.54) is 0 Å². The number of carbonyl (C=O) groups is 1. The summed E-state index contributed by atoms with van der Waals surface area (Å²) in [7, 11) is -1.84. The number of nitrogens with zero attached hydrogens (tertiary/aromatic N) is 5. The number of esters is 1. The summed E-state index contributed by atoms with van der Waals surface area (Å²) in [5.74, 6) is -0.0526. The standard InChI is InChI=1S/C20H23Cl2N5O4S/c1-4-31-18(28)12-27(32(3,29)30)10-9-25(2)17-11-16(26-8-7-23-13-26)14-5-6-15(21)19(22)20(14)24-17/h5-8,11,13H,4,9-10,12H2,1-3H3. The van der Waals surface area contributed by atoms with E-state index >= 15 is 0 Å². The summed E-state index contributed by atoms with van der Waals surface area (Å²) in [4.78, 5) is 22.3. The molecule has 2 aromatic heterocycles. The molecule has 0 aliphatic rings. The first-order chi connectivity index (χ1) is 15.1. The van der Waals surface area contributed by atoms with Crippen LogP contribution in [0.5, 0.6) is 0 Å². The van der Waals surface area contributed by atoms with Crippen LogP contribution in [0, 0.1) is 0 Å². The lowest BCUT2D eigenvalue weighted by Gasteiger charge is -2.24. The Kier molecular flexibility index (Phi) is 7.60. The number of aromatic nitrogens is 3. The Morgan fingerprint density at radius 1 is 1.25 bits per heavy atom. The number of hydrogen-bond donors (Lipinski definition) is 0. The monoisotopic (exact) mass is 499 g/mol. The Morgan fingerprint density at radius 3 is 2.62 bits per heavy atom. The van der Waals surface area contributed by atoms with Gasteiger partial charge in [-0.2, -0.15) is 4.31 Å². The number of anilines is 1. The van der Waals surface area contributed by atoms with Gasteiger partial charge in [-0.1, -0.05) is 23.2 Å². The first-order valence-electron chi connectivity index (χ1n) is 9.70. The molecule has 0 atom stereocenters. The molecule has 0 aliphatic heterocycles. The van der Waals surface area contributed by atoms with E-state index in [-0.39, 0.29) is 26.2 Å². The van der Waals surface area contributed by atoms with E-state index in [2.05, 4.69) is 9.97 Å². The molecule has 0 bridgehead atoms. The van der Waals surface area contributed by atoms with Gasteiger partial charge in [0.25, 0.3) is 0 Å². The highest BCUT2D eigenvalue weighted by Gasteiger charge is 2.22. The Bertz CT molecular complexity index is 1220. The molecule has 0 spiro atoms. The largest absolute Gasteiger partial charge is 0.465 e. The van der Waals surface area contributed by atoms with E-state index < -0.39 is 16.0 Å². The third kappa shape index (κ3) is 5.50. The summed E-state index contributed by atoms with van der Waals surface area (Å²) in [5.41, 5.74) is 1.30. The number of carbonyl (C=O) groups excluding carboxylic acids is 1. The molecule has 3 rings (SSSR count). The van der Waals surface area contributed by atoms with Gasteiger partial charge in [-0.3, -0.25) is 4.79 Å². The predicted molar refractivity (Wildman–Crippen MR) is 125 cm³/mol. The molecule has 0 saturated carbocycles. The highest BCUT2D eigenvalue weighted by atomic mass is 35.5. The smallest absolute Gasteiger partial charge is 0.321 e. The first kappa shape index (κ1) is 24.2. The number of pyridine rings is 1. The van der Waals surface area contributed by atoms with Crippen LogP contribution in [0.15, 0.2) is 36.9 Å². The highest BCUT2D eigenvalue weighted by Crippen LogP contribution is 2.34. The highest BCUT2D eigenvalue weighted by molar-refractivity contribution is 7.88. The SMILES string of the molecule is CCOC(=O)CN(CCN(C)c1cc(-n2ccnc2)c2ccc(Cl)c(Cl)c2n1)S(C)(=O)=O. The number of imidazole rings is 1. The van der Waals surface area contributed by atoms with Gasteiger partial charge in [0.05, 0.1) is 40.4 Å². The zero-order valence-electron chi connectivity index (χ0n) is 17.8. The second-order valence-electron chi connectivity index (χ2n) is 7.05. The molecule has 0 amide bonds. The lowest BCUT2D eigenvalue weighted by Crippen LogP contribution is -2.40. The number of hydrogen-bond acceptors (Lipinski definition) is 7. The maximum Gasteiger partial charge on any atom is 0.321 e. The van der Waals surface area contributed by atoms with E-state index in [1.807, 2.05) is 16.7 Å². The lowest BCUT2D eigenvalue weighted by atomic mass is 10.1.